The van der Waals surface area contributed by atoms with Crippen LogP contribution in [0.2, 0.25) is 0 Å². The summed E-state index contributed by atoms with van der Waals surface area (Å²) in [5.41, 5.74) is 2.09. The summed E-state index contributed by atoms with van der Waals surface area (Å²) in [4.78, 5) is 4.18. The molecule has 2 rings (SSSR count). The van der Waals surface area contributed by atoms with Gasteiger partial charge in [-0.1, -0.05) is 18.2 Å². The predicted octanol–water partition coefficient (Wildman–Crippen LogP) is 1.28. The van der Waals surface area contributed by atoms with Crippen molar-refractivity contribution in [3.05, 3.63) is 47.8 Å². The number of aromatic amines is 1. The first-order valence-corrected chi connectivity index (χ1v) is 6.38. The lowest BCUT2D eigenvalue weighted by molar-refractivity contribution is 0.409. The molecule has 0 aliphatic carbocycles. The molecule has 0 bridgehead atoms. The molecule has 0 saturated heterocycles. The van der Waals surface area contributed by atoms with E-state index in [0.29, 0.717) is 13.1 Å². The molecule has 0 radical (unpaired) electrons. The van der Waals surface area contributed by atoms with E-state index in [9.17, 15) is 0 Å². The first kappa shape index (κ1) is 13.9. The highest BCUT2D eigenvalue weighted by Gasteiger charge is 2.03. The maximum atomic E-state index is 5.32. The van der Waals surface area contributed by atoms with Gasteiger partial charge in [-0.2, -0.15) is 5.10 Å². The second-order valence-corrected chi connectivity index (χ2v) is 4.17. The molecule has 0 saturated carbocycles. The number of guanidine groups is 1. The molecule has 106 valence electrons. The van der Waals surface area contributed by atoms with Crippen LogP contribution in [0, 0.1) is 0 Å². The van der Waals surface area contributed by atoms with Crippen molar-refractivity contribution in [2.75, 3.05) is 14.2 Å². The minimum atomic E-state index is 0.644. The van der Waals surface area contributed by atoms with Gasteiger partial charge < -0.3 is 15.4 Å². The molecule has 2 aromatic rings. The lowest BCUT2D eigenvalue weighted by atomic mass is 10.2. The van der Waals surface area contributed by atoms with Crippen molar-refractivity contribution in [3.8, 4) is 5.75 Å². The number of hydrogen-bond donors (Lipinski definition) is 3. The zero-order valence-electron chi connectivity index (χ0n) is 11.7. The average molecular weight is 273 g/mol. The van der Waals surface area contributed by atoms with Gasteiger partial charge in [-0.3, -0.25) is 10.1 Å². The van der Waals surface area contributed by atoms with Gasteiger partial charge >= 0.3 is 0 Å². The number of nitrogens with one attached hydrogen (secondary N) is 3. The van der Waals surface area contributed by atoms with E-state index in [4.69, 9.17) is 4.74 Å². The fraction of sp³-hybridized carbons (Fsp3) is 0.286. The topological polar surface area (TPSA) is 74.3 Å². The van der Waals surface area contributed by atoms with Gasteiger partial charge in [0, 0.05) is 25.4 Å². The first-order valence-electron chi connectivity index (χ1n) is 6.38. The largest absolute Gasteiger partial charge is 0.496 e. The number of nitrogens with zero attached hydrogens (tertiary/aromatic N) is 2. The Bertz CT molecular complexity index is 550. The van der Waals surface area contributed by atoms with Crippen molar-refractivity contribution in [1.29, 1.82) is 0 Å². The smallest absolute Gasteiger partial charge is 0.191 e. The Morgan fingerprint density at radius 2 is 2.05 bits per heavy atom. The van der Waals surface area contributed by atoms with E-state index < -0.39 is 0 Å². The number of benzene rings is 1. The van der Waals surface area contributed by atoms with Crippen molar-refractivity contribution in [2.24, 2.45) is 4.99 Å². The fourth-order valence-corrected chi connectivity index (χ4v) is 1.81. The molecular formula is C14H19N5O. The van der Waals surface area contributed by atoms with E-state index in [0.717, 1.165) is 23.0 Å². The molecule has 0 amide bonds. The highest BCUT2D eigenvalue weighted by atomic mass is 16.5. The molecule has 20 heavy (non-hydrogen) atoms. The molecule has 0 fully saturated rings. The van der Waals surface area contributed by atoms with Gasteiger partial charge in [-0.15, -0.1) is 0 Å². The summed E-state index contributed by atoms with van der Waals surface area (Å²) in [7, 11) is 3.41. The van der Waals surface area contributed by atoms with Crippen molar-refractivity contribution in [1.82, 2.24) is 20.8 Å². The summed E-state index contributed by atoms with van der Waals surface area (Å²) in [5, 5.41) is 13.2. The third-order valence-electron chi connectivity index (χ3n) is 2.87. The van der Waals surface area contributed by atoms with Crippen LogP contribution in [0.1, 0.15) is 11.3 Å². The minimum absolute atomic E-state index is 0.644. The monoisotopic (exact) mass is 273 g/mol. The lowest BCUT2D eigenvalue weighted by Crippen LogP contribution is -2.36. The number of aliphatic imine (C=N–C) groups is 1. The molecular weight excluding hydrogens is 254 g/mol. The molecule has 0 atom stereocenters. The summed E-state index contributed by atoms with van der Waals surface area (Å²) >= 11 is 0. The molecule has 6 nitrogen and oxygen atoms in total. The van der Waals surface area contributed by atoms with Crippen molar-refractivity contribution in [2.45, 2.75) is 13.1 Å². The third kappa shape index (κ3) is 3.74. The molecule has 1 aromatic carbocycles. The van der Waals surface area contributed by atoms with Crippen LogP contribution in [0.25, 0.3) is 0 Å². The highest BCUT2D eigenvalue weighted by Crippen LogP contribution is 2.16. The highest BCUT2D eigenvalue weighted by molar-refractivity contribution is 5.79. The van der Waals surface area contributed by atoms with Crippen LogP contribution in [0.15, 0.2) is 41.5 Å². The number of rotatable bonds is 5. The van der Waals surface area contributed by atoms with Crippen LogP contribution in [0.5, 0.6) is 5.75 Å². The van der Waals surface area contributed by atoms with Crippen LogP contribution in [0.4, 0.5) is 0 Å². The summed E-state index contributed by atoms with van der Waals surface area (Å²) in [6, 6.07) is 9.82. The second kappa shape index (κ2) is 7.18. The van der Waals surface area contributed by atoms with E-state index in [2.05, 4.69) is 25.8 Å². The Morgan fingerprint density at radius 1 is 1.25 bits per heavy atom. The van der Waals surface area contributed by atoms with Gasteiger partial charge in [0.2, 0.25) is 0 Å². The quantitative estimate of drug-likeness (QED) is 0.567. The van der Waals surface area contributed by atoms with Crippen LogP contribution >= 0.6 is 0 Å². The number of aromatic nitrogens is 2. The molecule has 1 heterocycles. The molecule has 0 aliphatic rings. The molecule has 0 spiro atoms. The third-order valence-corrected chi connectivity index (χ3v) is 2.87. The van der Waals surface area contributed by atoms with Crippen LogP contribution in [-0.4, -0.2) is 30.3 Å². The first-order chi connectivity index (χ1) is 9.83. The van der Waals surface area contributed by atoms with E-state index in [1.165, 1.54) is 0 Å². The standard InChI is InChI=1S/C14H19N5O/c1-15-14(17-10-12-7-8-18-19-12)16-9-11-5-3-4-6-13(11)20-2/h3-8H,9-10H2,1-2H3,(H,18,19)(H2,15,16,17). The molecule has 3 N–H and O–H groups in total. The number of H-pyrrole nitrogens is 1. The van der Waals surface area contributed by atoms with E-state index in [1.807, 2.05) is 30.3 Å². The zero-order chi connectivity index (χ0) is 14.2. The number of ether oxygens (including phenoxy) is 1. The maximum absolute atomic E-state index is 5.32. The van der Waals surface area contributed by atoms with Crippen molar-refractivity contribution >= 4 is 5.96 Å². The average Bonchev–Trinajstić information content (AvgIpc) is 3.01. The Hall–Kier alpha value is -2.50. The van der Waals surface area contributed by atoms with Crippen LogP contribution in [-0.2, 0) is 13.1 Å². The summed E-state index contributed by atoms with van der Waals surface area (Å²) in [5.74, 6) is 1.59. The van der Waals surface area contributed by atoms with Gasteiger partial charge in [-0.25, -0.2) is 0 Å². The normalized spacial score (nSPS) is 11.2. The van der Waals surface area contributed by atoms with Gasteiger partial charge in [0.15, 0.2) is 5.96 Å². The van der Waals surface area contributed by atoms with Gasteiger partial charge in [0.05, 0.1) is 19.3 Å². The van der Waals surface area contributed by atoms with Crippen LogP contribution < -0.4 is 15.4 Å². The van der Waals surface area contributed by atoms with Crippen molar-refractivity contribution in [3.63, 3.8) is 0 Å². The maximum Gasteiger partial charge on any atom is 0.191 e. The fourth-order valence-electron chi connectivity index (χ4n) is 1.81. The second-order valence-electron chi connectivity index (χ2n) is 4.17. The molecule has 6 heteroatoms. The Balaban J connectivity index is 1.87. The Kier molecular flexibility index (Phi) is 5.00. The molecule has 0 unspecified atom stereocenters. The SMILES string of the molecule is CN=C(NCc1ccn[nH]1)NCc1ccccc1OC. The zero-order valence-corrected chi connectivity index (χ0v) is 11.7. The predicted molar refractivity (Wildman–Crippen MR) is 78.6 cm³/mol. The minimum Gasteiger partial charge on any atom is -0.496 e. The molecule has 1 aromatic heterocycles. The molecule has 0 aliphatic heterocycles. The number of para-hydroxylation sites is 1. The van der Waals surface area contributed by atoms with Gasteiger partial charge in [-0.05, 0) is 12.1 Å². The Morgan fingerprint density at radius 3 is 2.75 bits per heavy atom. The van der Waals surface area contributed by atoms with Crippen LogP contribution in [0.3, 0.4) is 0 Å². The summed E-state index contributed by atoms with van der Waals surface area (Å²) in [6.07, 6.45) is 1.72. The Labute approximate surface area is 118 Å². The lowest BCUT2D eigenvalue weighted by Gasteiger charge is -2.13. The van der Waals surface area contributed by atoms with Gasteiger partial charge in [0.25, 0.3) is 0 Å². The van der Waals surface area contributed by atoms with E-state index in [-0.39, 0.29) is 0 Å². The summed E-state index contributed by atoms with van der Waals surface area (Å²) < 4.78 is 5.32. The van der Waals surface area contributed by atoms with E-state index >= 15 is 0 Å². The van der Waals surface area contributed by atoms with E-state index in [1.54, 1.807) is 20.4 Å². The van der Waals surface area contributed by atoms with Gasteiger partial charge in [0.1, 0.15) is 5.75 Å². The van der Waals surface area contributed by atoms with Crippen molar-refractivity contribution < 1.29 is 4.74 Å². The number of hydrogen-bond acceptors (Lipinski definition) is 3. The number of methoxy groups -OCH3 is 1. The summed E-state index contributed by atoms with van der Waals surface area (Å²) in [6.45, 7) is 1.29.